The lowest BCUT2D eigenvalue weighted by atomic mass is 10.1. The van der Waals surface area contributed by atoms with Crippen molar-refractivity contribution in [2.24, 2.45) is 0 Å². The Hall–Kier alpha value is -1.77. The van der Waals surface area contributed by atoms with E-state index in [1.165, 1.54) is 20.0 Å². The van der Waals surface area contributed by atoms with Gasteiger partial charge in [0.1, 0.15) is 5.75 Å². The SMILES string of the molecule is CCCCCOc1ccccc1[C@H](CC#CCCCC(=O)OC)O[Si](C)(C)C(C)(C)C. The molecule has 4 nitrogen and oxygen atoms in total. The van der Waals surface area contributed by atoms with Crippen LogP contribution in [0.25, 0.3) is 0 Å². The van der Waals surface area contributed by atoms with Crippen LogP contribution in [0.3, 0.4) is 0 Å². The highest BCUT2D eigenvalue weighted by molar-refractivity contribution is 6.74. The number of carbonyl (C=O) groups is 1. The van der Waals surface area contributed by atoms with Crippen molar-refractivity contribution in [2.75, 3.05) is 13.7 Å². The van der Waals surface area contributed by atoms with Crippen LogP contribution in [-0.2, 0) is 14.0 Å². The lowest BCUT2D eigenvalue weighted by molar-refractivity contribution is -0.140. The van der Waals surface area contributed by atoms with Gasteiger partial charge in [0.2, 0.25) is 0 Å². The minimum absolute atomic E-state index is 0.107. The number of para-hydroxylation sites is 1. The van der Waals surface area contributed by atoms with Gasteiger partial charge in [-0.1, -0.05) is 58.7 Å². The van der Waals surface area contributed by atoms with Crippen molar-refractivity contribution < 1.29 is 18.7 Å². The fourth-order valence-corrected chi connectivity index (χ4v) is 4.11. The Morgan fingerprint density at radius 2 is 1.81 bits per heavy atom. The van der Waals surface area contributed by atoms with Gasteiger partial charge in [-0.25, -0.2) is 0 Å². The standard InChI is InChI=1S/C26H42O4Si/c1-8-9-16-21-29-23-18-15-14-17-22(23)24(30-31(6,7)26(2,3)4)19-12-10-11-13-20-25(27)28-5/h14-15,17-18,24H,8-9,11,13,16,19-21H2,1-7H3/t24-/m0/s1. The molecule has 174 valence electrons. The Balaban J connectivity index is 2.97. The first-order chi connectivity index (χ1) is 14.6. The van der Waals surface area contributed by atoms with Crippen LogP contribution in [0.4, 0.5) is 0 Å². The minimum atomic E-state index is -2.00. The van der Waals surface area contributed by atoms with Crippen LogP contribution in [0.2, 0.25) is 18.1 Å². The maximum absolute atomic E-state index is 11.3. The number of benzene rings is 1. The number of methoxy groups -OCH3 is 1. The van der Waals surface area contributed by atoms with E-state index >= 15 is 0 Å². The number of unbranched alkanes of at least 4 members (excludes halogenated alkanes) is 3. The molecule has 31 heavy (non-hydrogen) atoms. The Morgan fingerprint density at radius 3 is 2.45 bits per heavy atom. The zero-order chi connectivity index (χ0) is 23.3. The molecule has 1 atom stereocenters. The largest absolute Gasteiger partial charge is 0.493 e. The van der Waals surface area contributed by atoms with Crippen LogP contribution in [0.1, 0.15) is 84.3 Å². The maximum atomic E-state index is 11.3. The predicted octanol–water partition coefficient (Wildman–Crippen LogP) is 7.06. The Labute approximate surface area is 191 Å². The first-order valence-corrected chi connectivity index (χ1v) is 14.4. The molecule has 0 aliphatic heterocycles. The summed E-state index contributed by atoms with van der Waals surface area (Å²) in [5.41, 5.74) is 1.08. The van der Waals surface area contributed by atoms with Crippen molar-refractivity contribution in [1.29, 1.82) is 0 Å². The highest BCUT2D eigenvalue weighted by atomic mass is 28.4. The second kappa shape index (κ2) is 13.6. The molecule has 0 fully saturated rings. The third-order valence-corrected chi connectivity index (χ3v) is 10.3. The van der Waals surface area contributed by atoms with Crippen molar-refractivity contribution in [3.63, 3.8) is 0 Å². The topological polar surface area (TPSA) is 44.8 Å². The first kappa shape index (κ1) is 27.3. The molecular formula is C26H42O4Si. The molecule has 0 unspecified atom stereocenters. The molecule has 1 aromatic carbocycles. The van der Waals surface area contributed by atoms with Crippen LogP contribution in [0.5, 0.6) is 5.75 Å². The third-order valence-electron chi connectivity index (χ3n) is 5.84. The van der Waals surface area contributed by atoms with Gasteiger partial charge in [-0.05, 0) is 37.0 Å². The Bertz CT molecular complexity index is 725. The predicted molar refractivity (Wildman–Crippen MR) is 131 cm³/mol. The van der Waals surface area contributed by atoms with Crippen LogP contribution >= 0.6 is 0 Å². The van der Waals surface area contributed by atoms with E-state index in [-0.39, 0.29) is 17.1 Å². The summed E-state index contributed by atoms with van der Waals surface area (Å²) < 4.78 is 17.6. The molecule has 1 aromatic rings. The Kier molecular flexibility index (Phi) is 12.0. The molecule has 0 aromatic heterocycles. The zero-order valence-corrected chi connectivity index (χ0v) is 21.7. The van der Waals surface area contributed by atoms with Crippen LogP contribution in [-0.4, -0.2) is 28.0 Å². The monoisotopic (exact) mass is 446 g/mol. The summed E-state index contributed by atoms with van der Waals surface area (Å²) in [7, 11) is -0.582. The highest BCUT2D eigenvalue weighted by Gasteiger charge is 2.39. The summed E-state index contributed by atoms with van der Waals surface area (Å²) in [4.78, 5) is 11.3. The summed E-state index contributed by atoms with van der Waals surface area (Å²) in [5, 5.41) is 0.107. The van der Waals surface area contributed by atoms with E-state index < -0.39 is 8.32 Å². The maximum Gasteiger partial charge on any atom is 0.305 e. The fraction of sp³-hybridized carbons (Fsp3) is 0.654. The smallest absolute Gasteiger partial charge is 0.305 e. The number of ether oxygens (including phenoxy) is 2. The van der Waals surface area contributed by atoms with Crippen LogP contribution in [0.15, 0.2) is 24.3 Å². The van der Waals surface area contributed by atoms with Crippen molar-refractivity contribution in [1.82, 2.24) is 0 Å². The molecule has 0 amide bonds. The minimum Gasteiger partial charge on any atom is -0.493 e. The average molecular weight is 447 g/mol. The van der Waals surface area contributed by atoms with Gasteiger partial charge in [-0.3, -0.25) is 4.79 Å². The van der Waals surface area contributed by atoms with Gasteiger partial charge < -0.3 is 13.9 Å². The van der Waals surface area contributed by atoms with Crippen LogP contribution < -0.4 is 4.74 Å². The molecule has 5 heteroatoms. The molecule has 0 heterocycles. The van der Waals surface area contributed by atoms with E-state index in [2.05, 4.69) is 63.4 Å². The summed E-state index contributed by atoms with van der Waals surface area (Å²) in [6, 6.07) is 8.19. The summed E-state index contributed by atoms with van der Waals surface area (Å²) in [6.07, 6.45) is 5.68. The summed E-state index contributed by atoms with van der Waals surface area (Å²) in [6.45, 7) is 14.2. The van der Waals surface area contributed by atoms with Gasteiger partial charge in [0.15, 0.2) is 8.32 Å². The molecular weight excluding hydrogens is 404 g/mol. The molecule has 0 N–H and O–H groups in total. The van der Waals surface area contributed by atoms with Gasteiger partial charge in [-0.2, -0.15) is 0 Å². The van der Waals surface area contributed by atoms with Gasteiger partial charge >= 0.3 is 5.97 Å². The van der Waals surface area contributed by atoms with Crippen molar-refractivity contribution >= 4 is 14.3 Å². The Morgan fingerprint density at radius 1 is 1.10 bits per heavy atom. The van der Waals surface area contributed by atoms with E-state index in [1.54, 1.807) is 0 Å². The summed E-state index contributed by atoms with van der Waals surface area (Å²) >= 11 is 0. The molecule has 0 spiro atoms. The number of rotatable bonds is 12. The van der Waals surface area contributed by atoms with Gasteiger partial charge in [0.25, 0.3) is 0 Å². The van der Waals surface area contributed by atoms with E-state index in [0.29, 0.717) is 25.7 Å². The van der Waals surface area contributed by atoms with E-state index in [9.17, 15) is 4.79 Å². The van der Waals surface area contributed by atoms with E-state index in [0.717, 1.165) is 24.3 Å². The number of hydrogen-bond donors (Lipinski definition) is 0. The van der Waals surface area contributed by atoms with E-state index in [4.69, 9.17) is 9.16 Å². The lowest BCUT2D eigenvalue weighted by Crippen LogP contribution is -2.41. The zero-order valence-electron chi connectivity index (χ0n) is 20.7. The van der Waals surface area contributed by atoms with Crippen molar-refractivity contribution in [3.05, 3.63) is 29.8 Å². The van der Waals surface area contributed by atoms with Crippen molar-refractivity contribution in [3.8, 4) is 17.6 Å². The van der Waals surface area contributed by atoms with Gasteiger partial charge in [0.05, 0.1) is 19.8 Å². The first-order valence-electron chi connectivity index (χ1n) is 11.5. The van der Waals surface area contributed by atoms with Gasteiger partial charge in [0, 0.05) is 24.8 Å². The highest BCUT2D eigenvalue weighted by Crippen LogP contribution is 2.42. The molecule has 1 rings (SSSR count). The number of carbonyl (C=O) groups excluding carboxylic acids is 1. The van der Waals surface area contributed by atoms with Crippen LogP contribution in [0, 0.1) is 11.8 Å². The molecule has 0 saturated carbocycles. The molecule has 0 aliphatic carbocycles. The lowest BCUT2D eigenvalue weighted by Gasteiger charge is -2.39. The van der Waals surface area contributed by atoms with Crippen molar-refractivity contribution in [2.45, 2.75) is 96.9 Å². The fourth-order valence-electron chi connectivity index (χ4n) is 2.84. The second-order valence-electron chi connectivity index (χ2n) is 9.45. The summed E-state index contributed by atoms with van der Waals surface area (Å²) in [5.74, 6) is 7.21. The van der Waals surface area contributed by atoms with Gasteiger partial charge in [-0.15, -0.1) is 11.8 Å². The van der Waals surface area contributed by atoms with E-state index in [1.807, 2.05) is 18.2 Å². The normalized spacial score (nSPS) is 12.6. The molecule has 0 aliphatic rings. The number of esters is 1. The quantitative estimate of drug-likeness (QED) is 0.149. The third kappa shape index (κ3) is 9.93. The average Bonchev–Trinajstić information content (AvgIpc) is 2.72. The molecule has 0 radical (unpaired) electrons. The number of hydrogen-bond acceptors (Lipinski definition) is 4. The second-order valence-corrected chi connectivity index (χ2v) is 14.2. The molecule has 0 bridgehead atoms. The molecule has 0 saturated heterocycles.